The summed E-state index contributed by atoms with van der Waals surface area (Å²) in [6.07, 6.45) is 4.50. The van der Waals surface area contributed by atoms with Crippen molar-refractivity contribution < 1.29 is 9.90 Å². The summed E-state index contributed by atoms with van der Waals surface area (Å²) in [5.74, 6) is -0.295. The Labute approximate surface area is 142 Å². The van der Waals surface area contributed by atoms with Crippen LogP contribution in [0.1, 0.15) is 24.4 Å². The largest absolute Gasteiger partial charge is 0.380 e. The number of nitrogens with one attached hydrogen (secondary N) is 1. The van der Waals surface area contributed by atoms with Gasteiger partial charge in [0, 0.05) is 25.5 Å². The minimum atomic E-state index is -1.29. The molecule has 0 bridgehead atoms. The van der Waals surface area contributed by atoms with Gasteiger partial charge in [-0.2, -0.15) is 5.10 Å². The fraction of sp³-hybridized carbons (Fsp3) is 0.444. The van der Waals surface area contributed by atoms with Gasteiger partial charge in [-0.1, -0.05) is 30.3 Å². The number of hydrogen-bond donors (Lipinski definition) is 2. The van der Waals surface area contributed by atoms with Crippen LogP contribution in [0.15, 0.2) is 48.8 Å². The van der Waals surface area contributed by atoms with E-state index >= 15 is 0 Å². The minimum Gasteiger partial charge on any atom is -0.380 e. The number of nitrogens with zero attached hydrogens (tertiary/aromatic N) is 3. The van der Waals surface area contributed by atoms with Gasteiger partial charge < -0.3 is 15.3 Å². The van der Waals surface area contributed by atoms with E-state index < -0.39 is 5.60 Å². The van der Waals surface area contributed by atoms with Crippen LogP contribution in [0.5, 0.6) is 0 Å². The van der Waals surface area contributed by atoms with Gasteiger partial charge in [0.1, 0.15) is 5.60 Å². The number of benzene rings is 1. The molecule has 1 amide bonds. The SMILES string of the molecule is CN1CCC(O)(C(=O)N[C@H](Cn2cccn2)c2ccccc2)CC1. The Bertz CT molecular complexity index is 649. The second-order valence-electron chi connectivity index (χ2n) is 6.50. The molecule has 1 aliphatic rings. The molecule has 2 aromatic rings. The first-order valence-corrected chi connectivity index (χ1v) is 8.31. The van der Waals surface area contributed by atoms with Crippen LogP contribution in [0, 0.1) is 0 Å². The van der Waals surface area contributed by atoms with Crippen molar-refractivity contribution in [2.45, 2.75) is 31.0 Å². The third-order valence-electron chi connectivity index (χ3n) is 4.67. The number of hydrogen-bond acceptors (Lipinski definition) is 4. The summed E-state index contributed by atoms with van der Waals surface area (Å²) in [4.78, 5) is 14.9. The highest BCUT2D eigenvalue weighted by molar-refractivity contribution is 5.85. The predicted octanol–water partition coefficient (Wildman–Crippen LogP) is 1.20. The highest BCUT2D eigenvalue weighted by atomic mass is 16.3. The van der Waals surface area contributed by atoms with Gasteiger partial charge in [0.15, 0.2) is 0 Å². The number of carbonyl (C=O) groups excluding carboxylic acids is 1. The van der Waals surface area contributed by atoms with E-state index in [9.17, 15) is 9.90 Å². The van der Waals surface area contributed by atoms with Gasteiger partial charge in [-0.25, -0.2) is 0 Å². The van der Waals surface area contributed by atoms with Gasteiger partial charge in [-0.15, -0.1) is 0 Å². The zero-order valence-electron chi connectivity index (χ0n) is 13.9. The summed E-state index contributed by atoms with van der Waals surface area (Å²) in [6.45, 7) is 1.97. The highest BCUT2D eigenvalue weighted by Crippen LogP contribution is 2.24. The molecule has 0 saturated carbocycles. The Kier molecular flexibility index (Phi) is 4.97. The van der Waals surface area contributed by atoms with E-state index in [1.807, 2.05) is 49.6 Å². The molecule has 2 heterocycles. The Morgan fingerprint density at radius 3 is 2.62 bits per heavy atom. The lowest BCUT2D eigenvalue weighted by atomic mass is 9.90. The van der Waals surface area contributed by atoms with E-state index in [1.54, 1.807) is 10.9 Å². The molecule has 0 aliphatic carbocycles. The molecule has 0 radical (unpaired) electrons. The summed E-state index contributed by atoms with van der Waals surface area (Å²) < 4.78 is 1.79. The van der Waals surface area contributed by atoms with Crippen molar-refractivity contribution in [2.75, 3.05) is 20.1 Å². The maximum atomic E-state index is 12.7. The van der Waals surface area contributed by atoms with Crippen molar-refractivity contribution in [3.8, 4) is 0 Å². The third-order valence-corrected chi connectivity index (χ3v) is 4.67. The highest BCUT2D eigenvalue weighted by Gasteiger charge is 2.39. The minimum absolute atomic E-state index is 0.234. The van der Waals surface area contributed by atoms with E-state index in [0.29, 0.717) is 19.4 Å². The van der Waals surface area contributed by atoms with Crippen LogP contribution in [0.4, 0.5) is 0 Å². The fourth-order valence-corrected chi connectivity index (χ4v) is 3.02. The van der Waals surface area contributed by atoms with Gasteiger partial charge in [-0.3, -0.25) is 9.48 Å². The van der Waals surface area contributed by atoms with Crippen LogP contribution in [-0.2, 0) is 11.3 Å². The number of piperidine rings is 1. The maximum absolute atomic E-state index is 12.7. The van der Waals surface area contributed by atoms with E-state index in [4.69, 9.17) is 0 Å². The predicted molar refractivity (Wildman–Crippen MR) is 91.2 cm³/mol. The smallest absolute Gasteiger partial charge is 0.252 e. The van der Waals surface area contributed by atoms with Crippen molar-refractivity contribution in [3.63, 3.8) is 0 Å². The molecule has 1 aromatic carbocycles. The van der Waals surface area contributed by atoms with E-state index in [1.165, 1.54) is 0 Å². The summed E-state index contributed by atoms with van der Waals surface area (Å²) in [5.41, 5.74) is -0.290. The Balaban J connectivity index is 1.75. The number of likely N-dealkylation sites (tertiary alicyclic amines) is 1. The normalized spacial score (nSPS) is 18.9. The summed E-state index contributed by atoms with van der Waals surface area (Å²) in [7, 11) is 2.00. The summed E-state index contributed by atoms with van der Waals surface area (Å²) in [5, 5.41) is 18.0. The van der Waals surface area contributed by atoms with Gasteiger partial charge in [-0.05, 0) is 31.5 Å². The standard InChI is InChI=1S/C18H24N4O2/c1-21-12-8-18(24,9-13-21)17(23)20-16(14-22-11-5-10-19-22)15-6-3-2-4-7-15/h2-7,10-11,16,24H,8-9,12-14H2,1H3,(H,20,23)/t16-/m1/s1. The number of rotatable bonds is 5. The molecule has 0 spiro atoms. The molecular formula is C18H24N4O2. The molecule has 6 heteroatoms. The molecule has 6 nitrogen and oxygen atoms in total. The summed E-state index contributed by atoms with van der Waals surface area (Å²) in [6, 6.07) is 11.4. The molecule has 1 aliphatic heterocycles. The average Bonchev–Trinajstić information content (AvgIpc) is 3.11. The van der Waals surface area contributed by atoms with Gasteiger partial charge in [0.2, 0.25) is 0 Å². The van der Waals surface area contributed by atoms with Crippen LogP contribution in [0.2, 0.25) is 0 Å². The molecule has 1 saturated heterocycles. The lowest BCUT2D eigenvalue weighted by Crippen LogP contribution is -2.54. The Morgan fingerprint density at radius 2 is 2.00 bits per heavy atom. The molecule has 128 valence electrons. The Morgan fingerprint density at radius 1 is 1.29 bits per heavy atom. The number of aliphatic hydroxyl groups is 1. The van der Waals surface area contributed by atoms with Crippen molar-refractivity contribution >= 4 is 5.91 Å². The third kappa shape index (κ3) is 3.83. The second kappa shape index (κ2) is 7.15. The lowest BCUT2D eigenvalue weighted by Gasteiger charge is -2.36. The first-order chi connectivity index (χ1) is 11.6. The zero-order valence-corrected chi connectivity index (χ0v) is 13.9. The fourth-order valence-electron chi connectivity index (χ4n) is 3.02. The number of carbonyl (C=O) groups is 1. The maximum Gasteiger partial charge on any atom is 0.252 e. The van der Waals surface area contributed by atoms with E-state index in [2.05, 4.69) is 15.3 Å². The van der Waals surface area contributed by atoms with Crippen LogP contribution in [0.3, 0.4) is 0 Å². The van der Waals surface area contributed by atoms with Crippen LogP contribution >= 0.6 is 0 Å². The second-order valence-corrected chi connectivity index (χ2v) is 6.50. The van der Waals surface area contributed by atoms with E-state index in [0.717, 1.165) is 18.7 Å². The zero-order chi connectivity index (χ0) is 17.0. The van der Waals surface area contributed by atoms with Gasteiger partial charge in [0.05, 0.1) is 12.6 Å². The molecule has 1 atom stereocenters. The quantitative estimate of drug-likeness (QED) is 0.865. The molecule has 1 aromatic heterocycles. The van der Waals surface area contributed by atoms with Crippen LogP contribution < -0.4 is 5.32 Å². The average molecular weight is 328 g/mol. The molecular weight excluding hydrogens is 304 g/mol. The van der Waals surface area contributed by atoms with Gasteiger partial charge in [0.25, 0.3) is 5.91 Å². The summed E-state index contributed by atoms with van der Waals surface area (Å²) >= 11 is 0. The number of amides is 1. The van der Waals surface area contributed by atoms with E-state index in [-0.39, 0.29) is 11.9 Å². The van der Waals surface area contributed by atoms with Crippen molar-refractivity contribution in [2.24, 2.45) is 0 Å². The molecule has 0 unspecified atom stereocenters. The number of aromatic nitrogens is 2. The van der Waals surface area contributed by atoms with Crippen molar-refractivity contribution in [1.82, 2.24) is 20.0 Å². The lowest BCUT2D eigenvalue weighted by molar-refractivity contribution is -0.145. The first kappa shape index (κ1) is 16.7. The molecule has 3 rings (SSSR count). The topological polar surface area (TPSA) is 70.4 Å². The molecule has 2 N–H and O–H groups in total. The van der Waals surface area contributed by atoms with Gasteiger partial charge >= 0.3 is 0 Å². The molecule has 24 heavy (non-hydrogen) atoms. The van der Waals surface area contributed by atoms with Crippen molar-refractivity contribution in [3.05, 3.63) is 54.4 Å². The van der Waals surface area contributed by atoms with Crippen molar-refractivity contribution in [1.29, 1.82) is 0 Å². The Hall–Kier alpha value is -2.18. The van der Waals surface area contributed by atoms with Crippen LogP contribution in [0.25, 0.3) is 0 Å². The van der Waals surface area contributed by atoms with Crippen LogP contribution in [-0.4, -0.2) is 51.4 Å². The monoisotopic (exact) mass is 328 g/mol. The first-order valence-electron chi connectivity index (χ1n) is 8.31. The molecule has 1 fully saturated rings.